The van der Waals surface area contributed by atoms with Crippen LogP contribution < -0.4 is 10.6 Å². The summed E-state index contributed by atoms with van der Waals surface area (Å²) in [4.78, 5) is 6.96. The second kappa shape index (κ2) is 10.8. The minimum Gasteiger partial charge on any atom is -0.385 e. The third-order valence-electron chi connectivity index (χ3n) is 6.44. The summed E-state index contributed by atoms with van der Waals surface area (Å²) in [5.74, 6) is 0.893. The zero-order valence-electron chi connectivity index (χ0n) is 17.8. The zero-order chi connectivity index (χ0) is 19.7. The minimum absolute atomic E-state index is 0.366. The molecule has 3 rings (SSSR count). The molecule has 1 aliphatic heterocycles. The molecule has 0 amide bonds. The summed E-state index contributed by atoms with van der Waals surface area (Å²) in [7, 11) is 3.65. The number of ether oxygens (including phenoxy) is 1. The molecular weight excluding hydrogens is 348 g/mol. The fraction of sp³-hybridized carbons (Fsp3) is 0.696. The number of benzene rings is 1. The normalized spacial score (nSPS) is 19.9. The third-order valence-corrected chi connectivity index (χ3v) is 6.44. The van der Waals surface area contributed by atoms with E-state index in [2.05, 4.69) is 44.8 Å². The van der Waals surface area contributed by atoms with E-state index in [1.807, 2.05) is 7.05 Å². The van der Waals surface area contributed by atoms with E-state index in [-0.39, 0.29) is 0 Å². The molecule has 1 saturated carbocycles. The van der Waals surface area contributed by atoms with Crippen LogP contribution in [-0.4, -0.2) is 51.3 Å². The quantitative estimate of drug-likeness (QED) is 0.503. The second-order valence-electron chi connectivity index (χ2n) is 8.53. The van der Waals surface area contributed by atoms with Gasteiger partial charge < -0.3 is 15.4 Å². The second-order valence-corrected chi connectivity index (χ2v) is 8.53. The number of nitrogens with one attached hydrogen (secondary N) is 2. The predicted molar refractivity (Wildman–Crippen MR) is 117 cm³/mol. The number of likely N-dealkylation sites (tertiary alicyclic amines) is 1. The highest BCUT2D eigenvalue weighted by atomic mass is 16.5. The number of rotatable bonds is 9. The molecule has 0 aromatic heterocycles. The molecule has 1 aromatic rings. The SMILES string of the molecule is CN=C(NCc1ccc(CN2CCCC2)cc1)NCC1(CCOC)CCCC1. The first-order valence-corrected chi connectivity index (χ1v) is 11.0. The van der Waals surface area contributed by atoms with Crippen molar-refractivity contribution >= 4 is 5.96 Å². The van der Waals surface area contributed by atoms with Crippen molar-refractivity contribution in [3.8, 4) is 0 Å². The predicted octanol–water partition coefficient (Wildman–Crippen LogP) is 3.54. The van der Waals surface area contributed by atoms with Gasteiger partial charge in [0.2, 0.25) is 0 Å². The Balaban J connectivity index is 1.44. The lowest BCUT2D eigenvalue weighted by Gasteiger charge is -2.30. The number of hydrogen-bond donors (Lipinski definition) is 2. The Hall–Kier alpha value is -1.59. The lowest BCUT2D eigenvalue weighted by molar-refractivity contribution is 0.138. The molecule has 0 radical (unpaired) electrons. The first-order valence-electron chi connectivity index (χ1n) is 11.0. The molecule has 2 N–H and O–H groups in total. The molecule has 156 valence electrons. The Labute approximate surface area is 170 Å². The number of hydrogen-bond acceptors (Lipinski definition) is 3. The molecule has 1 aromatic carbocycles. The van der Waals surface area contributed by atoms with Crippen LogP contribution in [0.1, 0.15) is 56.1 Å². The van der Waals surface area contributed by atoms with E-state index in [0.29, 0.717) is 5.41 Å². The summed E-state index contributed by atoms with van der Waals surface area (Å²) >= 11 is 0. The van der Waals surface area contributed by atoms with Gasteiger partial charge >= 0.3 is 0 Å². The van der Waals surface area contributed by atoms with Gasteiger partial charge in [-0.3, -0.25) is 9.89 Å². The number of methoxy groups -OCH3 is 1. The summed E-state index contributed by atoms with van der Waals surface area (Å²) in [6.45, 7) is 6.20. The third kappa shape index (κ3) is 6.21. The maximum absolute atomic E-state index is 5.34. The van der Waals surface area contributed by atoms with Gasteiger partial charge in [-0.05, 0) is 61.7 Å². The van der Waals surface area contributed by atoms with E-state index in [4.69, 9.17) is 4.74 Å². The maximum Gasteiger partial charge on any atom is 0.191 e. The Bertz CT molecular complexity index is 602. The molecule has 1 saturated heterocycles. The van der Waals surface area contributed by atoms with Crippen LogP contribution in [0.2, 0.25) is 0 Å². The highest BCUT2D eigenvalue weighted by Gasteiger charge is 2.33. The molecule has 5 nitrogen and oxygen atoms in total. The summed E-state index contributed by atoms with van der Waals surface area (Å²) in [6, 6.07) is 9.01. The summed E-state index contributed by atoms with van der Waals surface area (Å²) in [5, 5.41) is 7.04. The topological polar surface area (TPSA) is 48.9 Å². The van der Waals surface area contributed by atoms with E-state index < -0.39 is 0 Å². The van der Waals surface area contributed by atoms with E-state index in [1.54, 1.807) is 7.11 Å². The zero-order valence-corrected chi connectivity index (χ0v) is 17.8. The molecule has 1 heterocycles. The molecule has 0 atom stereocenters. The van der Waals surface area contributed by atoms with Crippen molar-refractivity contribution in [2.45, 2.75) is 58.0 Å². The van der Waals surface area contributed by atoms with Crippen LogP contribution in [0.4, 0.5) is 0 Å². The largest absolute Gasteiger partial charge is 0.385 e. The van der Waals surface area contributed by atoms with Crippen molar-refractivity contribution in [1.29, 1.82) is 0 Å². The van der Waals surface area contributed by atoms with Crippen LogP contribution in [0.15, 0.2) is 29.3 Å². The van der Waals surface area contributed by atoms with Crippen molar-refractivity contribution in [2.75, 3.05) is 40.4 Å². The number of aliphatic imine (C=N–C) groups is 1. The van der Waals surface area contributed by atoms with Gasteiger partial charge in [0.05, 0.1) is 0 Å². The van der Waals surface area contributed by atoms with Crippen molar-refractivity contribution in [2.24, 2.45) is 10.4 Å². The van der Waals surface area contributed by atoms with Gasteiger partial charge in [0.25, 0.3) is 0 Å². The molecule has 1 aliphatic carbocycles. The molecule has 5 heteroatoms. The summed E-state index contributed by atoms with van der Waals surface area (Å²) < 4.78 is 5.34. The highest BCUT2D eigenvalue weighted by Crippen LogP contribution is 2.40. The van der Waals surface area contributed by atoms with E-state index >= 15 is 0 Å². The molecule has 0 unspecified atom stereocenters. The molecule has 0 bridgehead atoms. The first kappa shape index (κ1) is 21.1. The lowest BCUT2D eigenvalue weighted by atomic mass is 9.83. The Morgan fingerprint density at radius 3 is 2.36 bits per heavy atom. The van der Waals surface area contributed by atoms with Gasteiger partial charge in [0, 0.05) is 40.4 Å². The van der Waals surface area contributed by atoms with Crippen LogP contribution in [-0.2, 0) is 17.8 Å². The number of nitrogens with zero attached hydrogens (tertiary/aromatic N) is 2. The van der Waals surface area contributed by atoms with Gasteiger partial charge in [-0.15, -0.1) is 0 Å². The van der Waals surface area contributed by atoms with Crippen molar-refractivity contribution in [3.05, 3.63) is 35.4 Å². The summed E-state index contributed by atoms with van der Waals surface area (Å²) in [6.07, 6.45) is 9.08. The van der Waals surface area contributed by atoms with E-state index in [1.165, 1.54) is 62.7 Å². The molecule has 2 fully saturated rings. The average Bonchev–Trinajstić information content (AvgIpc) is 3.40. The van der Waals surface area contributed by atoms with Crippen LogP contribution in [0.25, 0.3) is 0 Å². The fourth-order valence-corrected chi connectivity index (χ4v) is 4.60. The van der Waals surface area contributed by atoms with E-state index in [0.717, 1.165) is 38.6 Å². The Morgan fingerprint density at radius 2 is 1.71 bits per heavy atom. The van der Waals surface area contributed by atoms with Gasteiger partial charge in [0.15, 0.2) is 5.96 Å². The van der Waals surface area contributed by atoms with Crippen LogP contribution in [0, 0.1) is 5.41 Å². The molecule has 0 spiro atoms. The van der Waals surface area contributed by atoms with Crippen LogP contribution >= 0.6 is 0 Å². The maximum atomic E-state index is 5.34. The smallest absolute Gasteiger partial charge is 0.191 e. The van der Waals surface area contributed by atoms with Crippen molar-refractivity contribution < 1.29 is 4.74 Å². The summed E-state index contributed by atoms with van der Waals surface area (Å²) in [5.41, 5.74) is 3.07. The average molecular weight is 387 g/mol. The highest BCUT2D eigenvalue weighted by molar-refractivity contribution is 5.79. The number of guanidine groups is 1. The molecular formula is C23H38N4O. The van der Waals surface area contributed by atoms with Crippen molar-refractivity contribution in [1.82, 2.24) is 15.5 Å². The van der Waals surface area contributed by atoms with Crippen LogP contribution in [0.5, 0.6) is 0 Å². The molecule has 2 aliphatic rings. The molecule has 28 heavy (non-hydrogen) atoms. The van der Waals surface area contributed by atoms with Gasteiger partial charge in [-0.2, -0.15) is 0 Å². The Morgan fingerprint density at radius 1 is 1.04 bits per heavy atom. The lowest BCUT2D eigenvalue weighted by Crippen LogP contribution is -2.43. The Kier molecular flexibility index (Phi) is 8.16. The van der Waals surface area contributed by atoms with Gasteiger partial charge in [-0.25, -0.2) is 0 Å². The van der Waals surface area contributed by atoms with Crippen molar-refractivity contribution in [3.63, 3.8) is 0 Å². The fourth-order valence-electron chi connectivity index (χ4n) is 4.60. The van der Waals surface area contributed by atoms with Crippen LogP contribution in [0.3, 0.4) is 0 Å². The monoisotopic (exact) mass is 386 g/mol. The standard InChI is InChI=1S/C23H38N4O/c1-24-22(26-19-23(13-16-28-2)11-3-4-12-23)25-17-20-7-9-21(10-8-20)18-27-14-5-6-15-27/h7-10H,3-6,11-19H2,1-2H3,(H2,24,25,26). The van der Waals surface area contributed by atoms with E-state index in [9.17, 15) is 0 Å². The minimum atomic E-state index is 0.366. The van der Waals surface area contributed by atoms with Gasteiger partial charge in [-0.1, -0.05) is 37.1 Å². The van der Waals surface area contributed by atoms with Gasteiger partial charge in [0.1, 0.15) is 0 Å². The first-order chi connectivity index (χ1) is 13.7.